The summed E-state index contributed by atoms with van der Waals surface area (Å²) in [7, 11) is 0. The second-order valence-electron chi connectivity index (χ2n) is 6.32. The van der Waals surface area contributed by atoms with Gasteiger partial charge in [-0.2, -0.15) is 5.26 Å². The van der Waals surface area contributed by atoms with Crippen molar-refractivity contribution in [2.24, 2.45) is 5.73 Å². The van der Waals surface area contributed by atoms with Crippen molar-refractivity contribution in [3.8, 4) is 11.8 Å². The second kappa shape index (κ2) is 6.11. The molecule has 1 aromatic heterocycles. The molecule has 0 bridgehead atoms. The Labute approximate surface area is 159 Å². The Bertz CT molecular complexity index is 1160. The van der Waals surface area contributed by atoms with Gasteiger partial charge in [-0.25, -0.2) is 0 Å². The highest BCUT2D eigenvalue weighted by Gasteiger charge is 2.61. The van der Waals surface area contributed by atoms with Crippen LogP contribution in [0.1, 0.15) is 17.1 Å². The molecule has 1 aromatic carbocycles. The zero-order chi connectivity index (χ0) is 20.1. The number of rotatable bonds is 3. The zero-order valence-electron chi connectivity index (χ0n) is 14.6. The van der Waals surface area contributed by atoms with E-state index in [1.165, 1.54) is 4.90 Å². The van der Waals surface area contributed by atoms with E-state index in [1.54, 1.807) is 30.3 Å². The van der Waals surface area contributed by atoms with Crippen molar-refractivity contribution < 1.29 is 19.1 Å². The molecule has 0 saturated carbocycles. The highest BCUT2D eigenvalue weighted by molar-refractivity contribution is 6.13. The van der Waals surface area contributed by atoms with Crippen LogP contribution in [0.5, 0.6) is 5.75 Å². The largest absolute Gasteiger partial charge is 0.457 e. The number of benzene rings is 1. The molecule has 4 rings (SSSR count). The monoisotopic (exact) mass is 377 g/mol. The van der Waals surface area contributed by atoms with Crippen molar-refractivity contribution in [3.05, 3.63) is 81.8 Å². The normalized spacial score (nSPS) is 19.9. The van der Waals surface area contributed by atoms with Gasteiger partial charge in [0.15, 0.2) is 11.2 Å². The minimum Gasteiger partial charge on any atom is -0.457 e. The molecule has 1 unspecified atom stereocenters. The molecule has 0 aliphatic carbocycles. The lowest BCUT2D eigenvalue weighted by molar-refractivity contribution is -0.121. The molecule has 1 spiro atoms. The zero-order valence-corrected chi connectivity index (χ0v) is 14.6. The number of ether oxygens (including phenoxy) is 1. The van der Waals surface area contributed by atoms with Crippen molar-refractivity contribution in [1.29, 1.82) is 5.26 Å². The van der Waals surface area contributed by atoms with Gasteiger partial charge in [-0.3, -0.25) is 9.59 Å². The summed E-state index contributed by atoms with van der Waals surface area (Å²) in [5.74, 6) is -1.37. The fraction of sp³-hybridized carbons (Fsp3) is 0.150. The molecule has 3 N–H and O–H groups in total. The fourth-order valence-corrected chi connectivity index (χ4v) is 3.77. The first-order valence-electron chi connectivity index (χ1n) is 8.39. The number of amides is 1. The van der Waals surface area contributed by atoms with Crippen LogP contribution in [0.25, 0.3) is 0 Å². The summed E-state index contributed by atoms with van der Waals surface area (Å²) in [6.45, 7) is 3.29. The molecule has 0 saturated heterocycles. The van der Waals surface area contributed by atoms with Gasteiger partial charge >= 0.3 is 0 Å². The Balaban J connectivity index is 2.18. The van der Waals surface area contributed by atoms with Crippen LogP contribution in [-0.4, -0.2) is 17.6 Å². The average molecular weight is 377 g/mol. The lowest BCUT2D eigenvalue weighted by Gasteiger charge is -2.32. The summed E-state index contributed by atoms with van der Waals surface area (Å²) in [4.78, 5) is 27.7. The van der Waals surface area contributed by atoms with Crippen LogP contribution < -0.4 is 20.8 Å². The van der Waals surface area contributed by atoms with Gasteiger partial charge in [-0.05, 0) is 6.07 Å². The molecule has 0 radical (unpaired) electrons. The van der Waals surface area contributed by atoms with Gasteiger partial charge in [0.2, 0.25) is 17.1 Å². The van der Waals surface area contributed by atoms with Crippen molar-refractivity contribution in [2.45, 2.75) is 12.0 Å². The highest BCUT2D eigenvalue weighted by atomic mass is 16.5. The molecular formula is C20H15N3O5. The molecule has 1 amide bonds. The quantitative estimate of drug-likeness (QED) is 0.764. The first-order valence-corrected chi connectivity index (χ1v) is 8.39. The first-order chi connectivity index (χ1) is 13.5. The van der Waals surface area contributed by atoms with Gasteiger partial charge < -0.3 is 24.9 Å². The number of nitriles is 1. The Morgan fingerprint density at radius 2 is 2.11 bits per heavy atom. The molecule has 2 aliphatic heterocycles. The van der Waals surface area contributed by atoms with E-state index < -0.39 is 23.4 Å². The number of carbonyl (C=O) groups is 1. The lowest BCUT2D eigenvalue weighted by atomic mass is 9.72. The summed E-state index contributed by atoms with van der Waals surface area (Å²) in [5, 5.41) is 19.3. The minimum absolute atomic E-state index is 0.0584. The number of hydrogen-bond acceptors (Lipinski definition) is 7. The van der Waals surface area contributed by atoms with E-state index >= 15 is 0 Å². The number of carbonyl (C=O) groups excluding carboxylic acids is 1. The number of aliphatic hydroxyl groups is 1. The van der Waals surface area contributed by atoms with Gasteiger partial charge in [0, 0.05) is 23.9 Å². The Kier molecular flexibility index (Phi) is 3.84. The smallest absolute Gasteiger partial charge is 0.251 e. The van der Waals surface area contributed by atoms with Gasteiger partial charge in [0.05, 0.1) is 0 Å². The number of nitrogens with zero attached hydrogens (tertiary/aromatic N) is 2. The van der Waals surface area contributed by atoms with Crippen molar-refractivity contribution in [2.75, 3.05) is 11.4 Å². The number of anilines is 1. The third-order valence-corrected chi connectivity index (χ3v) is 4.87. The van der Waals surface area contributed by atoms with Gasteiger partial charge in [0.25, 0.3) is 5.91 Å². The molecule has 3 heterocycles. The van der Waals surface area contributed by atoms with Gasteiger partial charge in [-0.1, -0.05) is 24.3 Å². The van der Waals surface area contributed by atoms with Crippen LogP contribution in [0.4, 0.5) is 5.69 Å². The highest BCUT2D eigenvalue weighted by Crippen LogP contribution is 2.54. The van der Waals surface area contributed by atoms with Crippen molar-refractivity contribution in [1.82, 2.24) is 0 Å². The van der Waals surface area contributed by atoms with Gasteiger partial charge in [0.1, 0.15) is 24.0 Å². The molecule has 8 nitrogen and oxygen atoms in total. The van der Waals surface area contributed by atoms with E-state index in [0.717, 1.165) is 6.07 Å². The first kappa shape index (κ1) is 17.6. The molecule has 1 atom stereocenters. The predicted molar refractivity (Wildman–Crippen MR) is 98.1 cm³/mol. The molecule has 2 aromatic rings. The van der Waals surface area contributed by atoms with Crippen LogP contribution in [0.2, 0.25) is 0 Å². The third kappa shape index (κ3) is 2.02. The van der Waals surface area contributed by atoms with Crippen LogP contribution in [0.3, 0.4) is 0 Å². The van der Waals surface area contributed by atoms with Crippen LogP contribution in [-0.2, 0) is 16.8 Å². The maximum atomic E-state index is 13.7. The second-order valence-corrected chi connectivity index (χ2v) is 6.32. The number of fused-ring (bicyclic) bond motifs is 4. The lowest BCUT2D eigenvalue weighted by Crippen LogP contribution is -2.46. The third-order valence-electron chi connectivity index (χ3n) is 4.87. The Morgan fingerprint density at radius 3 is 2.79 bits per heavy atom. The van der Waals surface area contributed by atoms with E-state index in [1.807, 2.05) is 6.07 Å². The van der Waals surface area contributed by atoms with E-state index in [0.29, 0.717) is 11.3 Å². The van der Waals surface area contributed by atoms with Crippen LogP contribution in [0, 0.1) is 11.3 Å². The van der Waals surface area contributed by atoms with Crippen LogP contribution in [0.15, 0.2) is 63.7 Å². The Hall–Kier alpha value is -3.83. The van der Waals surface area contributed by atoms with Crippen molar-refractivity contribution in [3.63, 3.8) is 0 Å². The summed E-state index contributed by atoms with van der Waals surface area (Å²) < 4.78 is 11.1. The van der Waals surface area contributed by atoms with E-state index in [-0.39, 0.29) is 35.3 Å². The molecule has 0 fully saturated rings. The maximum Gasteiger partial charge on any atom is 0.251 e. The number of hydrogen-bond donors (Lipinski definition) is 2. The summed E-state index contributed by atoms with van der Waals surface area (Å²) in [5.41, 5.74) is 4.35. The molecule has 2 aliphatic rings. The standard InChI is InChI=1S/C20H15N3O5/c1-2-7-23-14-6-4-3-5-12(14)20(19(23)26)13(9-21)18(22)28-16-15(25)8-11(10-24)27-17(16)20/h2-6,8,24H,1,7,10,22H2. The van der Waals surface area contributed by atoms with E-state index in [2.05, 4.69) is 6.58 Å². The number of nitrogens with two attached hydrogens (primary N) is 1. The topological polar surface area (TPSA) is 130 Å². The fourth-order valence-electron chi connectivity index (χ4n) is 3.77. The minimum atomic E-state index is -1.78. The summed E-state index contributed by atoms with van der Waals surface area (Å²) in [6.07, 6.45) is 1.55. The van der Waals surface area contributed by atoms with E-state index in [9.17, 15) is 20.0 Å². The number of para-hydroxylation sites is 1. The molecule has 28 heavy (non-hydrogen) atoms. The Morgan fingerprint density at radius 1 is 1.36 bits per heavy atom. The van der Waals surface area contributed by atoms with Gasteiger partial charge in [-0.15, -0.1) is 6.58 Å². The predicted octanol–water partition coefficient (Wildman–Crippen LogP) is 1.04. The average Bonchev–Trinajstić information content (AvgIpc) is 2.93. The number of aliphatic hydroxyl groups excluding tert-OH is 1. The van der Waals surface area contributed by atoms with Crippen LogP contribution >= 0.6 is 0 Å². The SMILES string of the molecule is C=CCN1C(=O)C2(C(C#N)=C(N)Oc3c2oc(CO)cc3=O)c2ccccc21. The molecule has 140 valence electrons. The maximum absolute atomic E-state index is 13.7. The van der Waals surface area contributed by atoms with E-state index in [4.69, 9.17) is 14.9 Å². The molecular weight excluding hydrogens is 362 g/mol. The summed E-state index contributed by atoms with van der Waals surface area (Å²) in [6, 6.07) is 9.86. The summed E-state index contributed by atoms with van der Waals surface area (Å²) >= 11 is 0. The van der Waals surface area contributed by atoms with Crippen molar-refractivity contribution >= 4 is 11.6 Å². The molecule has 8 heteroatoms.